The zero-order valence-corrected chi connectivity index (χ0v) is 20.8. The minimum atomic E-state index is -0.833. The lowest BCUT2D eigenvalue weighted by atomic mass is 9.98. The third-order valence-electron chi connectivity index (χ3n) is 6.65. The van der Waals surface area contributed by atoms with Gasteiger partial charge < -0.3 is 26.4 Å². The molecule has 0 aromatic heterocycles. The number of alkyl carbamates (subject to hydrolysis) is 1. The average Bonchev–Trinajstić information content (AvgIpc) is 3.23. The molecule has 3 amide bonds. The van der Waals surface area contributed by atoms with Crippen LogP contribution in [0, 0.1) is 0 Å². The van der Waals surface area contributed by atoms with Crippen LogP contribution in [0.3, 0.4) is 0 Å². The van der Waals surface area contributed by atoms with Gasteiger partial charge in [-0.1, -0.05) is 78.9 Å². The number of carbonyl (C=O) groups is 3. The summed E-state index contributed by atoms with van der Waals surface area (Å²) in [7, 11) is 1.65. The lowest BCUT2D eigenvalue weighted by molar-refractivity contribution is -0.128. The van der Waals surface area contributed by atoms with Gasteiger partial charge in [-0.25, -0.2) is 4.79 Å². The minimum absolute atomic E-state index is 0.0238. The van der Waals surface area contributed by atoms with Crippen LogP contribution in [0.25, 0.3) is 11.1 Å². The van der Waals surface area contributed by atoms with Crippen LogP contribution in [0.4, 0.5) is 4.79 Å². The molecule has 8 nitrogen and oxygen atoms in total. The van der Waals surface area contributed by atoms with Crippen molar-refractivity contribution >= 4 is 17.9 Å². The fraction of sp³-hybridized carbons (Fsp3) is 0.276. The summed E-state index contributed by atoms with van der Waals surface area (Å²) >= 11 is 0. The Kier molecular flexibility index (Phi) is 8.53. The topological polar surface area (TPSA) is 123 Å². The SMILES string of the molecule is CN[C@@H](CCNC(=O)OCC1c2ccccc2-c2ccccc21)C(=O)N[C@@H](Cc1ccccc1)C(N)=O. The molecule has 37 heavy (non-hydrogen) atoms. The molecule has 0 spiro atoms. The van der Waals surface area contributed by atoms with Crippen LogP contribution in [-0.4, -0.2) is 50.2 Å². The Labute approximate surface area is 216 Å². The Morgan fingerprint density at radius 1 is 0.865 bits per heavy atom. The number of nitrogens with two attached hydrogens (primary N) is 1. The first kappa shape index (κ1) is 25.9. The number of nitrogens with one attached hydrogen (secondary N) is 3. The monoisotopic (exact) mass is 500 g/mol. The van der Waals surface area contributed by atoms with Gasteiger partial charge in [-0.05, 0) is 41.3 Å². The Balaban J connectivity index is 1.26. The molecule has 0 bridgehead atoms. The summed E-state index contributed by atoms with van der Waals surface area (Å²) < 4.78 is 5.55. The molecule has 0 aliphatic heterocycles. The van der Waals surface area contributed by atoms with Gasteiger partial charge in [-0.2, -0.15) is 0 Å². The van der Waals surface area contributed by atoms with Gasteiger partial charge in [-0.3, -0.25) is 9.59 Å². The lowest BCUT2D eigenvalue weighted by Gasteiger charge is -2.21. The zero-order valence-electron chi connectivity index (χ0n) is 20.8. The molecular weight excluding hydrogens is 468 g/mol. The predicted molar refractivity (Wildman–Crippen MR) is 142 cm³/mol. The van der Waals surface area contributed by atoms with Crippen molar-refractivity contribution in [1.82, 2.24) is 16.0 Å². The number of amides is 3. The highest BCUT2D eigenvalue weighted by atomic mass is 16.5. The zero-order chi connectivity index (χ0) is 26.2. The minimum Gasteiger partial charge on any atom is -0.449 e. The van der Waals surface area contributed by atoms with Crippen LogP contribution in [-0.2, 0) is 20.7 Å². The number of likely N-dealkylation sites (N-methyl/N-ethyl adjacent to an activating group) is 1. The highest BCUT2D eigenvalue weighted by molar-refractivity contribution is 5.89. The second-order valence-corrected chi connectivity index (χ2v) is 9.04. The second-order valence-electron chi connectivity index (χ2n) is 9.04. The van der Waals surface area contributed by atoms with Gasteiger partial charge in [0.1, 0.15) is 12.6 Å². The van der Waals surface area contributed by atoms with Crippen molar-refractivity contribution in [3.05, 3.63) is 95.6 Å². The predicted octanol–water partition coefficient (Wildman–Crippen LogP) is 2.72. The van der Waals surface area contributed by atoms with Crippen LogP contribution in [0.1, 0.15) is 29.0 Å². The summed E-state index contributed by atoms with van der Waals surface area (Å²) in [6.07, 6.45) is 0.0656. The maximum atomic E-state index is 12.8. The molecule has 0 saturated carbocycles. The average molecular weight is 501 g/mol. The van der Waals surface area contributed by atoms with Crippen molar-refractivity contribution in [3.8, 4) is 11.1 Å². The summed E-state index contributed by atoms with van der Waals surface area (Å²) in [5.74, 6) is -0.996. The van der Waals surface area contributed by atoms with Gasteiger partial charge in [0, 0.05) is 18.9 Å². The summed E-state index contributed by atoms with van der Waals surface area (Å²) in [4.78, 5) is 37.1. The van der Waals surface area contributed by atoms with Crippen LogP contribution in [0.5, 0.6) is 0 Å². The van der Waals surface area contributed by atoms with E-state index in [2.05, 4.69) is 40.2 Å². The van der Waals surface area contributed by atoms with Crippen LogP contribution in [0.15, 0.2) is 78.9 Å². The molecule has 0 unspecified atom stereocenters. The first-order valence-electron chi connectivity index (χ1n) is 12.4. The van der Waals surface area contributed by atoms with E-state index in [-0.39, 0.29) is 25.0 Å². The van der Waals surface area contributed by atoms with Crippen molar-refractivity contribution in [2.45, 2.75) is 30.8 Å². The number of benzene rings is 3. The van der Waals surface area contributed by atoms with Crippen LogP contribution in [0.2, 0.25) is 0 Å². The molecule has 4 rings (SSSR count). The molecule has 3 aromatic carbocycles. The van der Waals surface area contributed by atoms with Crippen molar-refractivity contribution in [1.29, 1.82) is 0 Å². The van der Waals surface area contributed by atoms with Crippen LogP contribution >= 0.6 is 0 Å². The second kappa shape index (κ2) is 12.2. The van der Waals surface area contributed by atoms with E-state index in [1.165, 1.54) is 0 Å². The normalized spacial score (nSPS) is 13.6. The van der Waals surface area contributed by atoms with Gasteiger partial charge in [-0.15, -0.1) is 0 Å². The van der Waals surface area contributed by atoms with E-state index in [1.54, 1.807) is 7.05 Å². The summed E-state index contributed by atoms with van der Waals surface area (Å²) in [6.45, 7) is 0.436. The largest absolute Gasteiger partial charge is 0.449 e. The third kappa shape index (κ3) is 6.34. The Morgan fingerprint density at radius 2 is 1.46 bits per heavy atom. The molecule has 1 aliphatic carbocycles. The molecular formula is C29H32N4O4. The van der Waals surface area contributed by atoms with Gasteiger partial charge >= 0.3 is 6.09 Å². The third-order valence-corrected chi connectivity index (χ3v) is 6.65. The quantitative estimate of drug-likeness (QED) is 0.322. The number of ether oxygens (including phenoxy) is 1. The molecule has 8 heteroatoms. The van der Waals surface area contributed by atoms with E-state index < -0.39 is 24.1 Å². The molecule has 192 valence electrons. The number of primary amides is 1. The van der Waals surface area contributed by atoms with E-state index in [0.29, 0.717) is 12.8 Å². The molecule has 0 radical (unpaired) electrons. The molecule has 0 fully saturated rings. The number of hydrogen-bond acceptors (Lipinski definition) is 5. The highest BCUT2D eigenvalue weighted by Crippen LogP contribution is 2.44. The van der Waals surface area contributed by atoms with E-state index >= 15 is 0 Å². The first-order valence-corrected chi connectivity index (χ1v) is 12.4. The number of rotatable bonds is 11. The lowest BCUT2D eigenvalue weighted by Crippen LogP contribution is -2.52. The molecule has 1 aliphatic rings. The van der Waals surface area contributed by atoms with E-state index in [4.69, 9.17) is 10.5 Å². The smallest absolute Gasteiger partial charge is 0.407 e. The van der Waals surface area contributed by atoms with E-state index in [1.807, 2.05) is 54.6 Å². The summed E-state index contributed by atoms with van der Waals surface area (Å²) in [5, 5.41) is 8.36. The van der Waals surface area contributed by atoms with Gasteiger partial charge in [0.05, 0.1) is 6.04 Å². The Hall–Kier alpha value is -4.17. The van der Waals surface area contributed by atoms with Crippen LogP contribution < -0.4 is 21.7 Å². The summed E-state index contributed by atoms with van der Waals surface area (Å²) in [6, 6.07) is 24.2. The summed E-state index contributed by atoms with van der Waals surface area (Å²) in [5.41, 5.74) is 11.0. The van der Waals surface area contributed by atoms with Crippen molar-refractivity contribution in [2.75, 3.05) is 20.2 Å². The van der Waals surface area contributed by atoms with Crippen molar-refractivity contribution in [3.63, 3.8) is 0 Å². The van der Waals surface area contributed by atoms with Gasteiger partial charge in [0.2, 0.25) is 11.8 Å². The van der Waals surface area contributed by atoms with Gasteiger partial charge in [0.25, 0.3) is 0 Å². The van der Waals surface area contributed by atoms with E-state index in [0.717, 1.165) is 27.8 Å². The molecule has 0 saturated heterocycles. The fourth-order valence-electron chi connectivity index (χ4n) is 4.72. The highest BCUT2D eigenvalue weighted by Gasteiger charge is 2.29. The molecule has 2 atom stereocenters. The van der Waals surface area contributed by atoms with Crippen molar-refractivity contribution < 1.29 is 19.1 Å². The fourth-order valence-corrected chi connectivity index (χ4v) is 4.72. The molecule has 0 heterocycles. The number of fused-ring (bicyclic) bond motifs is 3. The molecule has 3 aromatic rings. The van der Waals surface area contributed by atoms with Crippen molar-refractivity contribution in [2.24, 2.45) is 5.73 Å². The van der Waals surface area contributed by atoms with E-state index in [9.17, 15) is 14.4 Å². The maximum absolute atomic E-state index is 12.8. The van der Waals surface area contributed by atoms with Gasteiger partial charge in [0.15, 0.2) is 0 Å². The Morgan fingerprint density at radius 3 is 2.05 bits per heavy atom. The maximum Gasteiger partial charge on any atom is 0.407 e. The Bertz CT molecular complexity index is 1200. The standard InChI is InChI=1S/C29H32N4O4/c1-31-25(28(35)33-26(27(30)34)17-19-9-3-2-4-10-19)15-16-32-29(36)37-18-24-22-13-7-5-11-20(22)21-12-6-8-14-23(21)24/h2-14,24-26,31H,15-18H2,1H3,(H2,30,34)(H,32,36)(H,33,35)/t25-,26-/m0/s1. The number of hydrogen-bond donors (Lipinski definition) is 4. The first-order chi connectivity index (χ1) is 18.0. The number of carbonyl (C=O) groups excluding carboxylic acids is 3. The molecule has 5 N–H and O–H groups in total.